The molecular formula is C9H5F6NO. The number of alkyl halides is 6. The second-order valence-corrected chi connectivity index (χ2v) is 3.08. The maximum atomic E-state index is 12.3. The van der Waals surface area contributed by atoms with Crippen molar-refractivity contribution in [2.75, 3.05) is 0 Å². The van der Waals surface area contributed by atoms with E-state index in [-0.39, 0.29) is 6.07 Å². The molecule has 0 saturated heterocycles. The Morgan fingerprint density at radius 3 is 1.59 bits per heavy atom. The Morgan fingerprint density at radius 1 is 0.882 bits per heavy atom. The maximum absolute atomic E-state index is 12.3. The topological polar surface area (TPSA) is 32.6 Å². The van der Waals surface area contributed by atoms with E-state index >= 15 is 0 Å². The van der Waals surface area contributed by atoms with E-state index in [0.29, 0.717) is 18.3 Å². The monoisotopic (exact) mass is 257 g/mol. The van der Waals surface area contributed by atoms with Gasteiger partial charge in [0.05, 0.1) is 17.3 Å². The summed E-state index contributed by atoms with van der Waals surface area (Å²) < 4.78 is 73.8. The van der Waals surface area contributed by atoms with Crippen LogP contribution in [0, 0.1) is 0 Å². The summed E-state index contributed by atoms with van der Waals surface area (Å²) in [6.45, 7) is 0. The molecule has 8 heteroatoms. The Morgan fingerprint density at radius 2 is 1.29 bits per heavy atom. The molecule has 0 radical (unpaired) electrons. The predicted molar refractivity (Wildman–Crippen MR) is 45.8 cm³/mol. The number of rotatable bonds is 1. The lowest BCUT2D eigenvalue weighted by Gasteiger charge is -2.12. The van der Waals surface area contributed by atoms with Gasteiger partial charge in [-0.15, -0.1) is 0 Å². The van der Waals surface area contributed by atoms with Gasteiger partial charge in [-0.25, -0.2) is 0 Å². The van der Waals surface area contributed by atoms with Crippen molar-refractivity contribution in [3.05, 3.63) is 34.9 Å². The Labute approximate surface area is 91.2 Å². The fourth-order valence-electron chi connectivity index (χ4n) is 1.12. The minimum atomic E-state index is -4.90. The number of nitrogens with zero attached hydrogens (tertiary/aromatic N) is 1. The standard InChI is InChI=1S/C9H5F6NO/c10-8(11,12)6-1-5(4-16-17)2-7(3-6)9(13,14)15/h1-4,17H/b16-4-. The summed E-state index contributed by atoms with van der Waals surface area (Å²) in [4.78, 5) is 0. The van der Waals surface area contributed by atoms with Crippen LogP contribution < -0.4 is 0 Å². The highest BCUT2D eigenvalue weighted by molar-refractivity contribution is 5.79. The molecule has 0 aliphatic heterocycles. The van der Waals surface area contributed by atoms with Crippen LogP contribution >= 0.6 is 0 Å². The van der Waals surface area contributed by atoms with E-state index in [0.717, 1.165) is 0 Å². The van der Waals surface area contributed by atoms with Crippen molar-refractivity contribution in [2.45, 2.75) is 12.4 Å². The molecule has 0 heterocycles. The van der Waals surface area contributed by atoms with Gasteiger partial charge < -0.3 is 5.21 Å². The molecule has 0 bridgehead atoms. The zero-order valence-electron chi connectivity index (χ0n) is 7.97. The molecule has 0 saturated carbocycles. The molecule has 1 N–H and O–H groups in total. The Hall–Kier alpha value is -1.73. The summed E-state index contributed by atoms with van der Waals surface area (Å²) in [7, 11) is 0. The summed E-state index contributed by atoms with van der Waals surface area (Å²) in [5.41, 5.74) is -3.40. The van der Waals surface area contributed by atoms with E-state index in [1.807, 2.05) is 0 Å². The van der Waals surface area contributed by atoms with Gasteiger partial charge in [-0.3, -0.25) is 0 Å². The second-order valence-electron chi connectivity index (χ2n) is 3.08. The third-order valence-corrected chi connectivity index (χ3v) is 1.82. The SMILES string of the molecule is O/N=C\c1cc(C(F)(F)F)cc(C(F)(F)F)c1. The van der Waals surface area contributed by atoms with Gasteiger partial charge in [0.1, 0.15) is 0 Å². The first-order valence-corrected chi connectivity index (χ1v) is 4.11. The van der Waals surface area contributed by atoms with Crippen molar-refractivity contribution in [3.8, 4) is 0 Å². The summed E-state index contributed by atoms with van der Waals surface area (Å²) >= 11 is 0. The van der Waals surface area contributed by atoms with E-state index in [9.17, 15) is 26.3 Å². The number of hydrogen-bond acceptors (Lipinski definition) is 2. The molecule has 1 aromatic carbocycles. The highest BCUT2D eigenvalue weighted by atomic mass is 19.4. The quantitative estimate of drug-likeness (QED) is 0.355. The summed E-state index contributed by atoms with van der Waals surface area (Å²) in [6, 6.07) is 0.901. The third-order valence-electron chi connectivity index (χ3n) is 1.82. The minimum absolute atomic E-state index is 0.00524. The van der Waals surface area contributed by atoms with Crippen LogP contribution in [0.15, 0.2) is 23.4 Å². The van der Waals surface area contributed by atoms with Crippen LogP contribution in [0.5, 0.6) is 0 Å². The van der Waals surface area contributed by atoms with E-state index in [1.54, 1.807) is 0 Å². The van der Waals surface area contributed by atoms with Crippen molar-refractivity contribution >= 4 is 6.21 Å². The molecule has 94 valence electrons. The molecule has 1 rings (SSSR count). The van der Waals surface area contributed by atoms with Crippen LogP contribution in [0.1, 0.15) is 16.7 Å². The molecule has 0 aliphatic rings. The highest BCUT2D eigenvalue weighted by Gasteiger charge is 2.36. The molecule has 0 amide bonds. The maximum Gasteiger partial charge on any atom is 0.416 e. The second kappa shape index (κ2) is 4.27. The van der Waals surface area contributed by atoms with E-state index < -0.39 is 29.0 Å². The molecule has 0 aromatic heterocycles. The average Bonchev–Trinajstić information content (AvgIpc) is 2.15. The Balaban J connectivity index is 3.39. The van der Waals surface area contributed by atoms with Gasteiger partial charge in [-0.2, -0.15) is 26.3 Å². The first kappa shape index (κ1) is 13.3. The van der Waals surface area contributed by atoms with Crippen LogP contribution in [-0.4, -0.2) is 11.4 Å². The Bertz CT molecular complexity index is 402. The van der Waals surface area contributed by atoms with Gasteiger partial charge in [0, 0.05) is 0 Å². The van der Waals surface area contributed by atoms with Crippen LogP contribution in [0.2, 0.25) is 0 Å². The Kier molecular flexibility index (Phi) is 3.35. The third kappa shape index (κ3) is 3.36. The fraction of sp³-hybridized carbons (Fsp3) is 0.222. The predicted octanol–water partition coefficient (Wildman–Crippen LogP) is 3.53. The molecule has 0 aliphatic carbocycles. The lowest BCUT2D eigenvalue weighted by atomic mass is 10.1. The largest absolute Gasteiger partial charge is 0.416 e. The zero-order valence-corrected chi connectivity index (χ0v) is 7.97. The number of oxime groups is 1. The van der Waals surface area contributed by atoms with Gasteiger partial charge in [0.15, 0.2) is 0 Å². The molecule has 0 unspecified atom stereocenters. The van der Waals surface area contributed by atoms with Crippen molar-refractivity contribution < 1.29 is 31.5 Å². The van der Waals surface area contributed by atoms with Crippen LogP contribution in [0.25, 0.3) is 0 Å². The number of hydrogen-bond donors (Lipinski definition) is 1. The first-order chi connectivity index (χ1) is 7.64. The molecule has 2 nitrogen and oxygen atoms in total. The zero-order chi connectivity index (χ0) is 13.3. The van der Waals surface area contributed by atoms with Crippen molar-refractivity contribution in [1.29, 1.82) is 0 Å². The van der Waals surface area contributed by atoms with Crippen LogP contribution in [0.3, 0.4) is 0 Å². The highest BCUT2D eigenvalue weighted by Crippen LogP contribution is 2.35. The lowest BCUT2D eigenvalue weighted by Crippen LogP contribution is -2.11. The number of benzene rings is 1. The van der Waals surface area contributed by atoms with E-state index in [2.05, 4.69) is 5.16 Å². The minimum Gasteiger partial charge on any atom is -0.411 e. The van der Waals surface area contributed by atoms with Gasteiger partial charge in [0.25, 0.3) is 0 Å². The van der Waals surface area contributed by atoms with E-state index in [1.165, 1.54) is 0 Å². The molecule has 0 atom stereocenters. The van der Waals surface area contributed by atoms with Gasteiger partial charge in [-0.05, 0) is 23.8 Å². The molecule has 1 aromatic rings. The van der Waals surface area contributed by atoms with Crippen LogP contribution in [0.4, 0.5) is 26.3 Å². The van der Waals surface area contributed by atoms with Gasteiger partial charge >= 0.3 is 12.4 Å². The average molecular weight is 257 g/mol. The first-order valence-electron chi connectivity index (χ1n) is 4.11. The summed E-state index contributed by atoms with van der Waals surface area (Å²) in [5.74, 6) is 0. The summed E-state index contributed by atoms with van der Waals surface area (Å²) in [6.07, 6.45) is -9.32. The lowest BCUT2D eigenvalue weighted by molar-refractivity contribution is -0.143. The van der Waals surface area contributed by atoms with Gasteiger partial charge in [0.2, 0.25) is 0 Å². The van der Waals surface area contributed by atoms with Crippen molar-refractivity contribution in [1.82, 2.24) is 0 Å². The normalized spacial score (nSPS) is 13.3. The van der Waals surface area contributed by atoms with Gasteiger partial charge in [-0.1, -0.05) is 5.16 Å². The van der Waals surface area contributed by atoms with Crippen LogP contribution in [-0.2, 0) is 12.4 Å². The fourth-order valence-corrected chi connectivity index (χ4v) is 1.12. The molecular weight excluding hydrogens is 252 g/mol. The summed E-state index contributed by atoms with van der Waals surface area (Å²) in [5, 5.41) is 10.5. The van der Waals surface area contributed by atoms with Crippen molar-refractivity contribution in [2.24, 2.45) is 5.16 Å². The van der Waals surface area contributed by atoms with Crippen molar-refractivity contribution in [3.63, 3.8) is 0 Å². The molecule has 0 fully saturated rings. The van der Waals surface area contributed by atoms with E-state index in [4.69, 9.17) is 5.21 Å². The molecule has 0 spiro atoms. The molecule has 17 heavy (non-hydrogen) atoms. The smallest absolute Gasteiger partial charge is 0.411 e. The number of halogens is 6.